The third kappa shape index (κ3) is 5.89. The lowest BCUT2D eigenvalue weighted by Gasteiger charge is -2.21. The molecule has 1 atom stereocenters. The van der Waals surface area contributed by atoms with Crippen LogP contribution in [0.3, 0.4) is 0 Å². The Morgan fingerprint density at radius 2 is 1.72 bits per heavy atom. The van der Waals surface area contributed by atoms with Crippen molar-refractivity contribution in [2.75, 3.05) is 0 Å². The Morgan fingerprint density at radius 1 is 1.17 bits per heavy atom. The van der Waals surface area contributed by atoms with Gasteiger partial charge in [0, 0.05) is 21.7 Å². The summed E-state index contributed by atoms with van der Waals surface area (Å²) in [6.07, 6.45) is 1.87. The monoisotopic (exact) mass is 266 g/mol. The van der Waals surface area contributed by atoms with Crippen molar-refractivity contribution in [3.8, 4) is 0 Å². The van der Waals surface area contributed by atoms with Crippen LogP contribution in [-0.4, -0.2) is 10.8 Å². The molecule has 2 nitrogen and oxygen atoms in total. The van der Waals surface area contributed by atoms with Gasteiger partial charge in [0.05, 0.1) is 0 Å². The molecule has 0 saturated carbocycles. The number of hydrogen-bond donors (Lipinski definition) is 2. The van der Waals surface area contributed by atoms with Gasteiger partial charge >= 0.3 is 0 Å². The van der Waals surface area contributed by atoms with Gasteiger partial charge in [0.15, 0.2) is 0 Å². The van der Waals surface area contributed by atoms with E-state index in [0.717, 1.165) is 12.8 Å². The summed E-state index contributed by atoms with van der Waals surface area (Å²) in [5, 5.41) is 0.613. The average Bonchev–Trinajstić information content (AvgIpc) is 2.25. The molecular weight excluding hydrogens is 240 g/mol. The molecule has 3 heteroatoms. The van der Waals surface area contributed by atoms with E-state index in [1.54, 1.807) is 0 Å². The van der Waals surface area contributed by atoms with Crippen LogP contribution in [0.5, 0.6) is 0 Å². The van der Waals surface area contributed by atoms with Crippen molar-refractivity contribution >= 4 is 11.8 Å². The van der Waals surface area contributed by atoms with Crippen molar-refractivity contribution in [2.45, 2.75) is 62.3 Å². The molecule has 1 aromatic rings. The fourth-order valence-corrected chi connectivity index (χ4v) is 2.60. The lowest BCUT2D eigenvalue weighted by molar-refractivity contribution is 0.433. The minimum atomic E-state index is -0.134. The van der Waals surface area contributed by atoms with E-state index in [2.05, 4.69) is 38.1 Å². The molecule has 0 aliphatic heterocycles. The molecule has 0 radical (unpaired) electrons. The first kappa shape index (κ1) is 15.5. The Balaban J connectivity index is 2.56. The molecular formula is C15H26N2S. The summed E-state index contributed by atoms with van der Waals surface area (Å²) >= 11 is 1.88. The molecule has 0 fully saturated rings. The number of thioether (sulfide) groups is 1. The maximum absolute atomic E-state index is 6.19. The van der Waals surface area contributed by atoms with Gasteiger partial charge < -0.3 is 11.5 Å². The van der Waals surface area contributed by atoms with Crippen LogP contribution in [0.15, 0.2) is 29.2 Å². The van der Waals surface area contributed by atoms with Crippen LogP contribution < -0.4 is 11.5 Å². The molecule has 1 rings (SSSR count). The lowest BCUT2D eigenvalue weighted by Crippen LogP contribution is -2.32. The van der Waals surface area contributed by atoms with Gasteiger partial charge in [0.2, 0.25) is 0 Å². The summed E-state index contributed by atoms with van der Waals surface area (Å²) < 4.78 is 0. The molecule has 1 aromatic carbocycles. The summed E-state index contributed by atoms with van der Waals surface area (Å²) in [7, 11) is 0. The molecule has 0 heterocycles. The Morgan fingerprint density at radius 3 is 2.17 bits per heavy atom. The molecule has 0 aromatic heterocycles. The first-order valence-corrected chi connectivity index (χ1v) is 7.47. The molecule has 0 saturated heterocycles. The predicted molar refractivity (Wildman–Crippen MR) is 81.9 cm³/mol. The van der Waals surface area contributed by atoms with E-state index in [1.807, 2.05) is 25.6 Å². The van der Waals surface area contributed by atoms with Crippen molar-refractivity contribution in [3.05, 3.63) is 29.8 Å². The molecule has 0 aliphatic carbocycles. The first-order chi connectivity index (χ1) is 8.28. The van der Waals surface area contributed by atoms with Crippen molar-refractivity contribution < 1.29 is 0 Å². The van der Waals surface area contributed by atoms with Gasteiger partial charge in [-0.1, -0.05) is 26.0 Å². The molecule has 0 aliphatic rings. The minimum Gasteiger partial charge on any atom is -0.326 e. The molecule has 0 spiro atoms. The fraction of sp³-hybridized carbons (Fsp3) is 0.600. The predicted octanol–water partition coefficient (Wildman–Crippen LogP) is 3.70. The van der Waals surface area contributed by atoms with Crippen molar-refractivity contribution in [2.24, 2.45) is 11.5 Å². The summed E-state index contributed by atoms with van der Waals surface area (Å²) in [6.45, 7) is 8.49. The van der Waals surface area contributed by atoms with Crippen LogP contribution in [0.1, 0.15) is 52.1 Å². The van der Waals surface area contributed by atoms with E-state index in [0.29, 0.717) is 5.25 Å². The van der Waals surface area contributed by atoms with Gasteiger partial charge in [-0.2, -0.15) is 0 Å². The molecule has 4 N–H and O–H groups in total. The largest absolute Gasteiger partial charge is 0.326 e. The van der Waals surface area contributed by atoms with E-state index >= 15 is 0 Å². The topological polar surface area (TPSA) is 52.0 Å². The number of hydrogen-bond acceptors (Lipinski definition) is 3. The van der Waals surface area contributed by atoms with Crippen LogP contribution in [0, 0.1) is 0 Å². The summed E-state index contributed by atoms with van der Waals surface area (Å²) in [5.41, 5.74) is 13.2. The zero-order chi connectivity index (χ0) is 13.8. The van der Waals surface area contributed by atoms with Crippen LogP contribution >= 0.6 is 11.8 Å². The molecule has 102 valence electrons. The molecule has 0 bridgehead atoms. The van der Waals surface area contributed by atoms with E-state index in [1.165, 1.54) is 10.5 Å². The standard InChI is InChI=1S/C15H26N2S/c1-11(2)18-13-7-5-12(6-8-13)14(16)9-10-15(3,4)17/h5-8,11,14H,9-10,16-17H2,1-4H3. The Hall–Kier alpha value is -0.510. The Kier molecular flexibility index (Phi) is 5.70. The van der Waals surface area contributed by atoms with E-state index < -0.39 is 0 Å². The second kappa shape index (κ2) is 6.60. The Bertz CT molecular complexity index is 352. The highest BCUT2D eigenvalue weighted by atomic mass is 32.2. The highest BCUT2D eigenvalue weighted by molar-refractivity contribution is 7.99. The number of benzene rings is 1. The number of nitrogens with two attached hydrogens (primary N) is 2. The van der Waals surface area contributed by atoms with Gasteiger partial charge in [-0.15, -0.1) is 11.8 Å². The zero-order valence-electron chi connectivity index (χ0n) is 11.9. The SMILES string of the molecule is CC(C)Sc1ccc(C(N)CCC(C)(C)N)cc1. The Labute approximate surface area is 116 Å². The van der Waals surface area contributed by atoms with Crippen LogP contribution in [0.2, 0.25) is 0 Å². The highest BCUT2D eigenvalue weighted by Gasteiger charge is 2.14. The summed E-state index contributed by atoms with van der Waals surface area (Å²) in [5.74, 6) is 0. The smallest absolute Gasteiger partial charge is 0.0295 e. The van der Waals surface area contributed by atoms with Crippen molar-refractivity contribution in [3.63, 3.8) is 0 Å². The van der Waals surface area contributed by atoms with Gasteiger partial charge in [0.1, 0.15) is 0 Å². The molecule has 1 unspecified atom stereocenters. The summed E-state index contributed by atoms with van der Waals surface area (Å²) in [4.78, 5) is 1.31. The normalized spacial score (nSPS) is 13.9. The quantitative estimate of drug-likeness (QED) is 0.772. The highest BCUT2D eigenvalue weighted by Crippen LogP contribution is 2.25. The average molecular weight is 266 g/mol. The van der Waals surface area contributed by atoms with Crippen molar-refractivity contribution in [1.29, 1.82) is 0 Å². The first-order valence-electron chi connectivity index (χ1n) is 6.59. The van der Waals surface area contributed by atoms with Crippen LogP contribution in [0.25, 0.3) is 0 Å². The van der Waals surface area contributed by atoms with E-state index in [4.69, 9.17) is 11.5 Å². The fourth-order valence-electron chi connectivity index (χ4n) is 1.76. The van der Waals surface area contributed by atoms with Gasteiger partial charge in [-0.05, 0) is 44.4 Å². The number of rotatable bonds is 6. The zero-order valence-corrected chi connectivity index (χ0v) is 12.8. The van der Waals surface area contributed by atoms with Gasteiger partial charge in [0.25, 0.3) is 0 Å². The van der Waals surface area contributed by atoms with Crippen molar-refractivity contribution in [1.82, 2.24) is 0 Å². The third-order valence-corrected chi connectivity index (χ3v) is 3.80. The molecule has 18 heavy (non-hydrogen) atoms. The van der Waals surface area contributed by atoms with Gasteiger partial charge in [-0.25, -0.2) is 0 Å². The lowest BCUT2D eigenvalue weighted by atomic mass is 9.94. The maximum atomic E-state index is 6.19. The second-order valence-corrected chi connectivity index (χ2v) is 7.52. The van der Waals surface area contributed by atoms with Crippen LogP contribution in [0.4, 0.5) is 0 Å². The second-order valence-electron chi connectivity index (χ2n) is 5.87. The minimum absolute atomic E-state index is 0.0888. The maximum Gasteiger partial charge on any atom is 0.0295 e. The van der Waals surface area contributed by atoms with E-state index in [-0.39, 0.29) is 11.6 Å². The summed E-state index contributed by atoms with van der Waals surface area (Å²) in [6, 6.07) is 8.68. The van der Waals surface area contributed by atoms with E-state index in [9.17, 15) is 0 Å². The van der Waals surface area contributed by atoms with Crippen LogP contribution in [-0.2, 0) is 0 Å². The van der Waals surface area contributed by atoms with Gasteiger partial charge in [-0.3, -0.25) is 0 Å². The third-order valence-electron chi connectivity index (χ3n) is 2.78. The molecule has 0 amide bonds.